The SMILES string of the molecule is O=C(CCCc1nc(C2CC2)no1)Nc1nnc(C2CC2)s1. The van der Waals surface area contributed by atoms with Gasteiger partial charge in [0, 0.05) is 24.7 Å². The second-order valence-electron chi connectivity index (χ2n) is 5.94. The topological polar surface area (TPSA) is 93.8 Å². The Kier molecular flexibility index (Phi) is 3.61. The van der Waals surface area contributed by atoms with Crippen LogP contribution in [0.25, 0.3) is 0 Å². The molecule has 2 fully saturated rings. The van der Waals surface area contributed by atoms with E-state index in [1.54, 1.807) is 0 Å². The van der Waals surface area contributed by atoms with E-state index in [1.165, 1.54) is 24.2 Å². The van der Waals surface area contributed by atoms with Crippen LogP contribution in [0.3, 0.4) is 0 Å². The maximum Gasteiger partial charge on any atom is 0.226 e. The standard InChI is InChI=1S/C14H17N5O2S/c20-10(15-14-18-17-13(22-14)9-6-7-9)2-1-3-11-16-12(19-21-11)8-4-5-8/h8-9H,1-7H2,(H,15,18,20). The average molecular weight is 319 g/mol. The van der Waals surface area contributed by atoms with Crippen molar-refractivity contribution in [2.45, 2.75) is 56.8 Å². The molecule has 1 amide bonds. The fraction of sp³-hybridized carbons (Fsp3) is 0.643. The van der Waals surface area contributed by atoms with Crippen LogP contribution in [0, 0.1) is 0 Å². The zero-order chi connectivity index (χ0) is 14.9. The summed E-state index contributed by atoms with van der Waals surface area (Å²) in [4.78, 5) is 16.2. The Hall–Kier alpha value is -1.83. The minimum atomic E-state index is -0.0413. The van der Waals surface area contributed by atoms with Gasteiger partial charge in [0.2, 0.25) is 16.9 Å². The summed E-state index contributed by atoms with van der Waals surface area (Å²) in [6.45, 7) is 0. The molecule has 2 aliphatic carbocycles. The van der Waals surface area contributed by atoms with E-state index in [-0.39, 0.29) is 5.91 Å². The second-order valence-corrected chi connectivity index (χ2v) is 6.95. The molecule has 0 saturated heterocycles. The first-order valence-corrected chi connectivity index (χ1v) is 8.55. The van der Waals surface area contributed by atoms with Crippen LogP contribution in [0.4, 0.5) is 5.13 Å². The van der Waals surface area contributed by atoms with Crippen LogP contribution < -0.4 is 5.32 Å². The number of hydrogen-bond acceptors (Lipinski definition) is 7. The molecule has 2 aromatic rings. The van der Waals surface area contributed by atoms with Crippen molar-refractivity contribution >= 4 is 22.4 Å². The lowest BCUT2D eigenvalue weighted by Gasteiger charge is -1.99. The van der Waals surface area contributed by atoms with Gasteiger partial charge in [-0.05, 0) is 32.1 Å². The van der Waals surface area contributed by atoms with Crippen LogP contribution in [0.15, 0.2) is 4.52 Å². The van der Waals surface area contributed by atoms with Gasteiger partial charge in [0.25, 0.3) is 0 Å². The third-order valence-corrected chi connectivity index (χ3v) is 4.84. The van der Waals surface area contributed by atoms with Crippen LogP contribution in [0.5, 0.6) is 0 Å². The van der Waals surface area contributed by atoms with Crippen molar-refractivity contribution in [2.24, 2.45) is 0 Å². The lowest BCUT2D eigenvalue weighted by molar-refractivity contribution is -0.116. The predicted molar refractivity (Wildman–Crippen MR) is 79.7 cm³/mol. The second kappa shape index (κ2) is 5.75. The Labute approximate surface area is 131 Å². The largest absolute Gasteiger partial charge is 0.339 e. The van der Waals surface area contributed by atoms with Crippen LogP contribution in [0.2, 0.25) is 0 Å². The van der Waals surface area contributed by atoms with Crippen molar-refractivity contribution in [1.82, 2.24) is 20.3 Å². The molecule has 0 unspecified atom stereocenters. The van der Waals surface area contributed by atoms with E-state index in [9.17, 15) is 4.79 Å². The monoisotopic (exact) mass is 319 g/mol. The van der Waals surface area contributed by atoms with Crippen molar-refractivity contribution in [3.05, 3.63) is 16.7 Å². The molecule has 0 aliphatic heterocycles. The minimum Gasteiger partial charge on any atom is -0.339 e. The summed E-state index contributed by atoms with van der Waals surface area (Å²) in [6.07, 6.45) is 6.44. The fourth-order valence-corrected chi connectivity index (χ4v) is 3.17. The number of rotatable bonds is 7. The first kappa shape index (κ1) is 13.8. The van der Waals surface area contributed by atoms with E-state index in [0.29, 0.717) is 42.1 Å². The van der Waals surface area contributed by atoms with Crippen molar-refractivity contribution in [2.75, 3.05) is 5.32 Å². The summed E-state index contributed by atoms with van der Waals surface area (Å²) in [5.74, 6) is 2.48. The number of carbonyl (C=O) groups is 1. The number of nitrogens with zero attached hydrogens (tertiary/aromatic N) is 4. The van der Waals surface area contributed by atoms with Crippen LogP contribution in [-0.2, 0) is 11.2 Å². The van der Waals surface area contributed by atoms with Gasteiger partial charge in [-0.2, -0.15) is 4.98 Å². The first-order chi connectivity index (χ1) is 10.8. The minimum absolute atomic E-state index is 0.0413. The molecule has 2 aliphatic rings. The van der Waals surface area contributed by atoms with Crippen molar-refractivity contribution in [3.8, 4) is 0 Å². The Balaban J connectivity index is 1.21. The van der Waals surface area contributed by atoms with E-state index in [2.05, 4.69) is 25.7 Å². The Morgan fingerprint density at radius 3 is 2.82 bits per heavy atom. The molecule has 2 heterocycles. The maximum absolute atomic E-state index is 11.9. The van der Waals surface area contributed by atoms with E-state index < -0.39 is 0 Å². The molecule has 8 heteroatoms. The van der Waals surface area contributed by atoms with Gasteiger partial charge in [-0.25, -0.2) is 0 Å². The Morgan fingerprint density at radius 1 is 1.23 bits per heavy atom. The van der Waals surface area contributed by atoms with Gasteiger partial charge < -0.3 is 9.84 Å². The maximum atomic E-state index is 11.9. The smallest absolute Gasteiger partial charge is 0.226 e. The van der Waals surface area contributed by atoms with Crippen molar-refractivity contribution < 1.29 is 9.32 Å². The Bertz CT molecular complexity index is 674. The van der Waals surface area contributed by atoms with Gasteiger partial charge in [0.1, 0.15) is 5.01 Å². The van der Waals surface area contributed by atoms with E-state index in [1.807, 2.05) is 0 Å². The van der Waals surface area contributed by atoms with Gasteiger partial charge in [-0.3, -0.25) is 4.79 Å². The van der Waals surface area contributed by atoms with Gasteiger partial charge in [0.15, 0.2) is 5.82 Å². The summed E-state index contributed by atoms with van der Waals surface area (Å²) >= 11 is 1.48. The molecular weight excluding hydrogens is 302 g/mol. The third kappa shape index (κ3) is 3.32. The average Bonchev–Trinajstić information content (AvgIpc) is 3.44. The van der Waals surface area contributed by atoms with Gasteiger partial charge in [-0.15, -0.1) is 10.2 Å². The molecule has 0 radical (unpaired) electrons. The number of hydrogen-bond donors (Lipinski definition) is 1. The highest BCUT2D eigenvalue weighted by atomic mass is 32.1. The molecule has 22 heavy (non-hydrogen) atoms. The molecule has 1 N–H and O–H groups in total. The Morgan fingerprint density at radius 2 is 2.05 bits per heavy atom. The number of anilines is 1. The van der Waals surface area contributed by atoms with Crippen molar-refractivity contribution in [3.63, 3.8) is 0 Å². The zero-order valence-corrected chi connectivity index (χ0v) is 12.9. The highest BCUT2D eigenvalue weighted by Crippen LogP contribution is 2.42. The lowest BCUT2D eigenvalue weighted by atomic mass is 10.2. The molecule has 0 spiro atoms. The molecular formula is C14H17N5O2S. The highest BCUT2D eigenvalue weighted by Gasteiger charge is 2.29. The molecule has 7 nitrogen and oxygen atoms in total. The number of amides is 1. The van der Waals surface area contributed by atoms with Crippen LogP contribution >= 0.6 is 11.3 Å². The third-order valence-electron chi connectivity index (χ3n) is 3.83. The number of nitrogens with one attached hydrogen (secondary N) is 1. The summed E-state index contributed by atoms with van der Waals surface area (Å²) in [5, 5.41) is 16.5. The van der Waals surface area contributed by atoms with E-state index in [0.717, 1.165) is 23.7 Å². The number of carbonyl (C=O) groups excluding carboxylic acids is 1. The molecule has 2 saturated carbocycles. The summed E-state index contributed by atoms with van der Waals surface area (Å²) in [7, 11) is 0. The van der Waals surface area contributed by atoms with Gasteiger partial charge in [-0.1, -0.05) is 16.5 Å². The molecule has 0 aromatic carbocycles. The van der Waals surface area contributed by atoms with Crippen LogP contribution in [-0.4, -0.2) is 26.2 Å². The summed E-state index contributed by atoms with van der Waals surface area (Å²) in [6, 6.07) is 0. The molecule has 116 valence electrons. The lowest BCUT2D eigenvalue weighted by Crippen LogP contribution is -2.11. The predicted octanol–water partition coefficient (Wildman–Crippen LogP) is 2.64. The van der Waals surface area contributed by atoms with Crippen LogP contribution in [0.1, 0.15) is 67.1 Å². The fourth-order valence-electron chi connectivity index (χ4n) is 2.24. The normalized spacial score (nSPS) is 17.6. The van der Waals surface area contributed by atoms with E-state index in [4.69, 9.17) is 4.52 Å². The molecule has 2 aromatic heterocycles. The zero-order valence-electron chi connectivity index (χ0n) is 12.1. The van der Waals surface area contributed by atoms with Crippen molar-refractivity contribution in [1.29, 1.82) is 0 Å². The number of aromatic nitrogens is 4. The van der Waals surface area contributed by atoms with Gasteiger partial charge in [0.05, 0.1) is 0 Å². The van der Waals surface area contributed by atoms with E-state index >= 15 is 0 Å². The van der Waals surface area contributed by atoms with Gasteiger partial charge >= 0.3 is 0 Å². The quantitative estimate of drug-likeness (QED) is 0.843. The summed E-state index contributed by atoms with van der Waals surface area (Å²) < 4.78 is 5.19. The first-order valence-electron chi connectivity index (χ1n) is 7.73. The molecule has 4 rings (SSSR count). The summed E-state index contributed by atoms with van der Waals surface area (Å²) in [5.41, 5.74) is 0. The molecule has 0 bridgehead atoms. The molecule has 0 atom stereocenters. The highest BCUT2D eigenvalue weighted by molar-refractivity contribution is 7.15. The number of aryl methyl sites for hydroxylation is 1.